The van der Waals surface area contributed by atoms with E-state index in [1.165, 1.54) is 17.2 Å². The summed E-state index contributed by atoms with van der Waals surface area (Å²) in [6.07, 6.45) is 7.19. The van der Waals surface area contributed by atoms with E-state index in [1.807, 2.05) is 18.2 Å². The molecule has 1 aromatic carbocycles. The van der Waals surface area contributed by atoms with Crippen LogP contribution in [0.5, 0.6) is 5.75 Å². The maximum Gasteiger partial charge on any atom is 0.275 e. The van der Waals surface area contributed by atoms with E-state index in [4.69, 9.17) is 0 Å². The van der Waals surface area contributed by atoms with E-state index in [2.05, 4.69) is 27.5 Å². The second-order valence-corrected chi connectivity index (χ2v) is 8.98. The summed E-state index contributed by atoms with van der Waals surface area (Å²) in [5.41, 5.74) is -0.479. The Hall–Kier alpha value is -3.75. The molecule has 0 aliphatic heterocycles. The average Bonchev–Trinajstić information content (AvgIpc) is 3.26. The monoisotopic (exact) mass is 449 g/mol. The van der Waals surface area contributed by atoms with Gasteiger partial charge in [-0.3, -0.25) is 19.4 Å². The van der Waals surface area contributed by atoms with Crippen molar-refractivity contribution in [1.82, 2.24) is 14.9 Å². The maximum absolute atomic E-state index is 12.5. The highest BCUT2D eigenvalue weighted by atomic mass is 16.3. The van der Waals surface area contributed by atoms with Gasteiger partial charge in [-0.25, -0.2) is 4.98 Å². The molecule has 4 rings (SSSR count). The van der Waals surface area contributed by atoms with Crippen molar-refractivity contribution < 1.29 is 9.90 Å². The van der Waals surface area contributed by atoms with E-state index >= 15 is 0 Å². The second kappa shape index (κ2) is 8.65. The molecular weight excluding hydrogens is 422 g/mol. The summed E-state index contributed by atoms with van der Waals surface area (Å²) in [5.74, 6) is -0.872. The van der Waals surface area contributed by atoms with Gasteiger partial charge in [0, 0.05) is 26.5 Å². The smallest absolute Gasteiger partial charge is 0.275 e. The maximum atomic E-state index is 12.5. The Morgan fingerprint density at radius 2 is 1.76 bits per heavy atom. The zero-order chi connectivity index (χ0) is 23.8. The summed E-state index contributed by atoms with van der Waals surface area (Å²) in [4.78, 5) is 47.0. The Balaban J connectivity index is 1.68. The molecule has 1 amide bonds. The van der Waals surface area contributed by atoms with Gasteiger partial charge in [0.25, 0.3) is 16.8 Å². The van der Waals surface area contributed by atoms with Gasteiger partial charge < -0.3 is 20.6 Å². The fourth-order valence-corrected chi connectivity index (χ4v) is 4.47. The number of hydrogen-bond donors (Lipinski definition) is 3. The Labute approximate surface area is 191 Å². The lowest BCUT2D eigenvalue weighted by molar-refractivity contribution is 0.0819. The zero-order valence-corrected chi connectivity index (χ0v) is 18.9. The fourth-order valence-electron chi connectivity index (χ4n) is 4.47. The van der Waals surface area contributed by atoms with Gasteiger partial charge in [0.05, 0.1) is 17.4 Å². The van der Waals surface area contributed by atoms with Crippen LogP contribution in [0.25, 0.3) is 0 Å². The fraction of sp³-hybridized carbons (Fsp3) is 0.375. The summed E-state index contributed by atoms with van der Waals surface area (Å²) < 4.78 is 0. The second-order valence-electron chi connectivity index (χ2n) is 8.98. The van der Waals surface area contributed by atoms with Crippen LogP contribution in [0.3, 0.4) is 0 Å². The summed E-state index contributed by atoms with van der Waals surface area (Å²) >= 11 is 0. The van der Waals surface area contributed by atoms with Gasteiger partial charge in [0.2, 0.25) is 0 Å². The quantitative estimate of drug-likeness (QED) is 0.470. The normalized spacial score (nSPS) is 15.8. The van der Waals surface area contributed by atoms with Crippen LogP contribution in [0, 0.1) is 5.41 Å². The van der Waals surface area contributed by atoms with Crippen LogP contribution in [0.4, 0.5) is 17.1 Å². The molecule has 0 spiro atoms. The van der Waals surface area contributed by atoms with Crippen molar-refractivity contribution in [2.45, 2.75) is 38.6 Å². The molecular formula is C24H27N5O4. The molecule has 172 valence electrons. The van der Waals surface area contributed by atoms with Gasteiger partial charge in [-0.15, -0.1) is 0 Å². The number of aromatic hydroxyl groups is 1. The van der Waals surface area contributed by atoms with Gasteiger partial charge in [0.1, 0.15) is 11.4 Å². The van der Waals surface area contributed by atoms with E-state index in [1.54, 1.807) is 20.3 Å². The van der Waals surface area contributed by atoms with Crippen molar-refractivity contribution in [3.05, 3.63) is 68.5 Å². The number of rotatable bonds is 7. The number of amides is 1. The van der Waals surface area contributed by atoms with Gasteiger partial charge in [-0.05, 0) is 36.5 Å². The summed E-state index contributed by atoms with van der Waals surface area (Å²) in [5, 5.41) is 16.7. The molecule has 3 aromatic rings. The van der Waals surface area contributed by atoms with Crippen molar-refractivity contribution in [2.24, 2.45) is 5.41 Å². The number of nitrogens with zero attached hydrogens (tertiary/aromatic N) is 3. The number of hydrogen-bond acceptors (Lipinski definition) is 8. The Bertz CT molecular complexity index is 1240. The summed E-state index contributed by atoms with van der Waals surface area (Å²) in [7, 11) is 3.09. The third-order valence-corrected chi connectivity index (χ3v) is 6.42. The van der Waals surface area contributed by atoms with Gasteiger partial charge in [-0.2, -0.15) is 0 Å². The van der Waals surface area contributed by atoms with E-state index in [0.717, 1.165) is 31.4 Å². The number of carbonyl (C=O) groups excluding carboxylic acids is 1. The highest BCUT2D eigenvalue weighted by Gasteiger charge is 2.40. The van der Waals surface area contributed by atoms with Crippen LogP contribution in [0.2, 0.25) is 0 Å². The number of anilines is 3. The Morgan fingerprint density at radius 1 is 1.06 bits per heavy atom. The molecule has 0 unspecified atom stereocenters. The van der Waals surface area contributed by atoms with Crippen molar-refractivity contribution in [3.63, 3.8) is 0 Å². The van der Waals surface area contributed by atoms with Gasteiger partial charge in [0.15, 0.2) is 11.4 Å². The molecule has 2 aromatic heterocycles. The molecule has 9 heteroatoms. The number of carbonyl (C=O) groups is 1. The minimum Gasteiger partial charge on any atom is -0.504 e. The molecule has 33 heavy (non-hydrogen) atoms. The molecule has 1 saturated carbocycles. The van der Waals surface area contributed by atoms with Crippen LogP contribution in [0.15, 0.2) is 46.2 Å². The predicted octanol–water partition coefficient (Wildman–Crippen LogP) is 2.96. The largest absolute Gasteiger partial charge is 0.504 e. The lowest BCUT2D eigenvalue weighted by atomic mass is 9.78. The molecule has 0 bridgehead atoms. The Kier molecular flexibility index (Phi) is 5.88. The molecule has 1 atom stereocenters. The van der Waals surface area contributed by atoms with Crippen molar-refractivity contribution in [1.29, 1.82) is 0 Å². The molecule has 1 aliphatic carbocycles. The molecule has 1 fully saturated rings. The van der Waals surface area contributed by atoms with Crippen LogP contribution < -0.4 is 21.5 Å². The lowest BCUT2D eigenvalue weighted by Gasteiger charge is -2.35. The zero-order valence-electron chi connectivity index (χ0n) is 18.9. The van der Waals surface area contributed by atoms with Crippen molar-refractivity contribution in [2.75, 3.05) is 24.7 Å². The first-order valence-electron chi connectivity index (χ1n) is 10.9. The number of nitrogens with one attached hydrogen (secondary N) is 2. The third-order valence-electron chi connectivity index (χ3n) is 6.42. The van der Waals surface area contributed by atoms with Crippen LogP contribution in [-0.2, 0) is 0 Å². The Morgan fingerprint density at radius 3 is 2.39 bits per heavy atom. The molecule has 0 radical (unpaired) electrons. The van der Waals surface area contributed by atoms with Crippen LogP contribution in [0.1, 0.15) is 54.8 Å². The standard InChI is InChI=1S/C24H27N5O4/c1-24(10-5-6-11-24)22(15-8-4-7-12-25-15)28-17-16(20(31)21(17)32)27-14-9-13-26-18(19(14)30)23(33)29(2)3/h4,7-9,12-13,22,28,30H,5-6,10-11H2,1-3H3,(H,26,27)/t22-/m0/s1. The van der Waals surface area contributed by atoms with Crippen LogP contribution >= 0.6 is 0 Å². The van der Waals surface area contributed by atoms with Crippen molar-refractivity contribution in [3.8, 4) is 5.75 Å². The summed E-state index contributed by atoms with van der Waals surface area (Å²) in [6.45, 7) is 2.17. The van der Waals surface area contributed by atoms with Gasteiger partial charge in [-0.1, -0.05) is 25.8 Å². The van der Waals surface area contributed by atoms with Crippen molar-refractivity contribution >= 4 is 23.0 Å². The predicted molar refractivity (Wildman–Crippen MR) is 126 cm³/mol. The highest BCUT2D eigenvalue weighted by molar-refractivity contribution is 5.97. The lowest BCUT2D eigenvalue weighted by Crippen LogP contribution is -2.40. The molecule has 3 N–H and O–H groups in total. The molecule has 0 saturated heterocycles. The SMILES string of the molecule is CN(C)C(=O)c1nccc(Nc2c(N[C@@H](c3ccccn3)C3(C)CCCC3)c(=O)c2=O)c1O. The summed E-state index contributed by atoms with van der Waals surface area (Å²) in [6, 6.07) is 6.82. The topological polar surface area (TPSA) is 125 Å². The third kappa shape index (κ3) is 4.06. The number of pyridine rings is 2. The van der Waals surface area contributed by atoms with E-state index in [9.17, 15) is 19.5 Å². The minimum atomic E-state index is -0.689. The molecule has 1 aliphatic rings. The first kappa shape index (κ1) is 22.4. The van der Waals surface area contributed by atoms with E-state index in [-0.39, 0.29) is 40.0 Å². The van der Waals surface area contributed by atoms with E-state index in [0.29, 0.717) is 0 Å². The average molecular weight is 450 g/mol. The molecule has 9 nitrogen and oxygen atoms in total. The van der Waals surface area contributed by atoms with E-state index < -0.39 is 16.8 Å². The number of aromatic nitrogens is 2. The highest BCUT2D eigenvalue weighted by Crippen LogP contribution is 2.48. The van der Waals surface area contributed by atoms with Crippen LogP contribution in [-0.4, -0.2) is 40.0 Å². The van der Waals surface area contributed by atoms with Gasteiger partial charge >= 0.3 is 0 Å². The minimum absolute atomic E-state index is 0.0484. The first-order chi connectivity index (χ1) is 15.7. The first-order valence-corrected chi connectivity index (χ1v) is 10.9. The molecule has 2 heterocycles.